The van der Waals surface area contributed by atoms with Crippen LogP contribution < -0.4 is 10.0 Å². The van der Waals surface area contributed by atoms with Gasteiger partial charge in [-0.3, -0.25) is 0 Å². The molecule has 1 aliphatic rings. The topological polar surface area (TPSA) is 95.5 Å². The molecule has 0 aliphatic heterocycles. The highest BCUT2D eigenvalue weighted by molar-refractivity contribution is 7.89. The van der Waals surface area contributed by atoms with Crippen molar-refractivity contribution in [1.82, 2.24) is 4.72 Å². The molecule has 3 N–H and O–H groups in total. The molecule has 6 nitrogen and oxygen atoms in total. The SMILES string of the molecule is CCCCCNS(=O)(=O)c1ccc(NC2CCCCC2)c(C(=O)O)c1. The number of nitrogens with one attached hydrogen (secondary N) is 2. The quantitative estimate of drug-likeness (QED) is 0.579. The van der Waals surface area contributed by atoms with Gasteiger partial charge in [-0.1, -0.05) is 39.0 Å². The zero-order valence-corrected chi connectivity index (χ0v) is 15.6. The number of carboxylic acids is 1. The molecule has 1 aliphatic carbocycles. The normalized spacial score (nSPS) is 15.9. The van der Waals surface area contributed by atoms with Gasteiger partial charge in [0.05, 0.1) is 10.5 Å². The fourth-order valence-electron chi connectivity index (χ4n) is 3.13. The van der Waals surface area contributed by atoms with E-state index in [1.165, 1.54) is 18.6 Å². The first-order valence-electron chi connectivity index (χ1n) is 9.07. The molecular formula is C18H28N2O4S. The molecule has 25 heavy (non-hydrogen) atoms. The minimum absolute atomic E-state index is 0.00186. The van der Waals surface area contributed by atoms with Crippen molar-refractivity contribution in [2.75, 3.05) is 11.9 Å². The summed E-state index contributed by atoms with van der Waals surface area (Å²) < 4.78 is 27.2. The van der Waals surface area contributed by atoms with Crippen molar-refractivity contribution in [2.45, 2.75) is 69.2 Å². The lowest BCUT2D eigenvalue weighted by molar-refractivity contribution is 0.0697. The molecule has 0 spiro atoms. The van der Waals surface area contributed by atoms with Gasteiger partial charge in [-0.25, -0.2) is 17.9 Å². The third kappa shape index (κ3) is 5.71. The summed E-state index contributed by atoms with van der Waals surface area (Å²) in [6.45, 7) is 2.41. The number of unbranched alkanes of at least 4 members (excludes halogenated alkanes) is 2. The average molecular weight is 368 g/mol. The van der Waals surface area contributed by atoms with E-state index in [1.807, 2.05) is 6.92 Å². The van der Waals surface area contributed by atoms with Gasteiger partial charge in [0.25, 0.3) is 0 Å². The Bertz CT molecular complexity index is 682. The van der Waals surface area contributed by atoms with Crippen LogP contribution in [-0.2, 0) is 10.0 Å². The number of carbonyl (C=O) groups is 1. The Labute approximate surface area is 150 Å². The van der Waals surface area contributed by atoms with Crippen LogP contribution in [0.15, 0.2) is 23.1 Å². The number of carboxylic acid groups (broad SMARTS) is 1. The maximum Gasteiger partial charge on any atom is 0.337 e. The Hall–Kier alpha value is -1.60. The van der Waals surface area contributed by atoms with Crippen LogP contribution in [0.25, 0.3) is 0 Å². The second-order valence-corrected chi connectivity index (χ2v) is 8.36. The summed E-state index contributed by atoms with van der Waals surface area (Å²) in [7, 11) is -3.69. The molecule has 0 atom stereocenters. The first-order valence-corrected chi connectivity index (χ1v) is 10.6. The third-order valence-corrected chi connectivity index (χ3v) is 6.03. The summed E-state index contributed by atoms with van der Waals surface area (Å²) in [5.74, 6) is -1.12. The number of benzene rings is 1. The molecule has 0 aromatic heterocycles. The predicted molar refractivity (Wildman–Crippen MR) is 98.6 cm³/mol. The lowest BCUT2D eigenvalue weighted by Gasteiger charge is -2.24. The van der Waals surface area contributed by atoms with E-state index < -0.39 is 16.0 Å². The fraction of sp³-hybridized carbons (Fsp3) is 0.611. The lowest BCUT2D eigenvalue weighted by atomic mass is 9.95. The molecule has 1 saturated carbocycles. The van der Waals surface area contributed by atoms with E-state index in [2.05, 4.69) is 10.0 Å². The minimum Gasteiger partial charge on any atom is -0.478 e. The van der Waals surface area contributed by atoms with Crippen LogP contribution in [0.5, 0.6) is 0 Å². The van der Waals surface area contributed by atoms with Gasteiger partial charge in [0.1, 0.15) is 0 Å². The van der Waals surface area contributed by atoms with E-state index in [-0.39, 0.29) is 16.5 Å². The zero-order valence-electron chi connectivity index (χ0n) is 14.8. The summed E-state index contributed by atoms with van der Waals surface area (Å²) in [5.41, 5.74) is 0.492. The second kappa shape index (κ2) is 9.20. The van der Waals surface area contributed by atoms with Crippen LogP contribution in [0.2, 0.25) is 0 Å². The van der Waals surface area contributed by atoms with Crippen molar-refractivity contribution in [3.8, 4) is 0 Å². The number of hydrogen-bond donors (Lipinski definition) is 3. The Morgan fingerprint density at radius 1 is 1.20 bits per heavy atom. The van der Waals surface area contributed by atoms with Gasteiger partial charge in [0.2, 0.25) is 10.0 Å². The number of hydrogen-bond acceptors (Lipinski definition) is 4. The fourth-order valence-corrected chi connectivity index (χ4v) is 4.22. The van der Waals surface area contributed by atoms with Gasteiger partial charge in [-0.2, -0.15) is 0 Å². The van der Waals surface area contributed by atoms with Crippen molar-refractivity contribution in [2.24, 2.45) is 0 Å². The smallest absolute Gasteiger partial charge is 0.337 e. The highest BCUT2D eigenvalue weighted by atomic mass is 32.2. The molecule has 0 bridgehead atoms. The molecule has 1 aromatic rings. The minimum atomic E-state index is -3.69. The van der Waals surface area contributed by atoms with Crippen LogP contribution in [0.3, 0.4) is 0 Å². The maximum atomic E-state index is 12.3. The van der Waals surface area contributed by atoms with Gasteiger partial charge >= 0.3 is 5.97 Å². The molecule has 1 fully saturated rings. The standard InChI is InChI=1S/C18H28N2O4S/c1-2-3-7-12-19-25(23,24)15-10-11-17(16(13-15)18(21)22)20-14-8-5-4-6-9-14/h10-11,13-14,19-20H,2-9,12H2,1H3,(H,21,22). The largest absolute Gasteiger partial charge is 0.478 e. The van der Waals surface area contributed by atoms with Crippen LogP contribution in [0.1, 0.15) is 68.6 Å². The first kappa shape index (κ1) is 19.7. The first-order chi connectivity index (χ1) is 11.9. The lowest BCUT2D eigenvalue weighted by Crippen LogP contribution is -2.26. The van der Waals surface area contributed by atoms with Gasteiger partial charge < -0.3 is 10.4 Å². The summed E-state index contributed by atoms with van der Waals surface area (Å²) in [5, 5.41) is 12.7. The Kier molecular flexibility index (Phi) is 7.25. The molecule has 140 valence electrons. The summed E-state index contributed by atoms with van der Waals surface area (Å²) in [6.07, 6.45) is 8.23. The van der Waals surface area contributed by atoms with Gasteiger partial charge in [-0.05, 0) is 37.5 Å². The van der Waals surface area contributed by atoms with Crippen LogP contribution in [0, 0.1) is 0 Å². The number of anilines is 1. The maximum absolute atomic E-state index is 12.3. The van der Waals surface area contributed by atoms with Crippen molar-refractivity contribution >= 4 is 21.7 Å². The van der Waals surface area contributed by atoms with Crippen LogP contribution in [-0.4, -0.2) is 32.1 Å². The van der Waals surface area contributed by atoms with Gasteiger partial charge in [0.15, 0.2) is 0 Å². The summed E-state index contributed by atoms with van der Waals surface area (Å²) >= 11 is 0. The predicted octanol–water partition coefficient (Wildman–Crippen LogP) is 3.60. The van der Waals surface area contributed by atoms with E-state index >= 15 is 0 Å². The van der Waals surface area contributed by atoms with Crippen molar-refractivity contribution < 1.29 is 18.3 Å². The third-order valence-electron chi connectivity index (χ3n) is 4.57. The van der Waals surface area contributed by atoms with E-state index in [0.717, 1.165) is 44.9 Å². The average Bonchev–Trinajstić information content (AvgIpc) is 2.59. The van der Waals surface area contributed by atoms with Gasteiger partial charge in [0, 0.05) is 18.3 Å². The molecule has 2 rings (SSSR count). The van der Waals surface area contributed by atoms with Crippen LogP contribution in [0.4, 0.5) is 5.69 Å². The second-order valence-electron chi connectivity index (χ2n) is 6.60. The number of sulfonamides is 1. The van der Waals surface area contributed by atoms with Crippen molar-refractivity contribution in [1.29, 1.82) is 0 Å². The molecule has 7 heteroatoms. The van der Waals surface area contributed by atoms with Crippen LogP contribution >= 0.6 is 0 Å². The summed E-state index contributed by atoms with van der Waals surface area (Å²) in [6, 6.07) is 4.54. The van der Waals surface area contributed by atoms with E-state index in [4.69, 9.17) is 0 Å². The van der Waals surface area contributed by atoms with E-state index in [1.54, 1.807) is 6.07 Å². The number of aromatic carboxylic acids is 1. The zero-order chi connectivity index (χ0) is 18.3. The number of rotatable bonds is 9. The van der Waals surface area contributed by atoms with Gasteiger partial charge in [-0.15, -0.1) is 0 Å². The molecular weight excluding hydrogens is 340 g/mol. The molecule has 0 heterocycles. The Morgan fingerprint density at radius 2 is 1.92 bits per heavy atom. The summed E-state index contributed by atoms with van der Waals surface area (Å²) in [4.78, 5) is 11.6. The van der Waals surface area contributed by atoms with Crippen molar-refractivity contribution in [3.63, 3.8) is 0 Å². The Balaban J connectivity index is 2.15. The molecule has 0 unspecified atom stereocenters. The highest BCUT2D eigenvalue weighted by Crippen LogP contribution is 2.26. The Morgan fingerprint density at radius 3 is 2.56 bits per heavy atom. The molecule has 1 aromatic carbocycles. The van der Waals surface area contributed by atoms with E-state index in [9.17, 15) is 18.3 Å². The van der Waals surface area contributed by atoms with E-state index in [0.29, 0.717) is 12.2 Å². The molecule has 0 radical (unpaired) electrons. The van der Waals surface area contributed by atoms with Crippen molar-refractivity contribution in [3.05, 3.63) is 23.8 Å². The monoisotopic (exact) mass is 368 g/mol. The molecule has 0 amide bonds. The molecule has 0 saturated heterocycles. The highest BCUT2D eigenvalue weighted by Gasteiger charge is 2.21.